The molecule has 0 aliphatic rings. The molecule has 0 aliphatic heterocycles. The third kappa shape index (κ3) is 2.52. The normalized spacial score (nSPS) is 18.8. The average Bonchev–Trinajstić information content (AvgIpc) is 1.64. The van der Waals surface area contributed by atoms with Gasteiger partial charge < -0.3 is 5.11 Å². The van der Waals surface area contributed by atoms with Gasteiger partial charge in [0.2, 0.25) is 0 Å². The Hall–Kier alpha value is 0.230. The van der Waals surface area contributed by atoms with Crippen LogP contribution in [0.3, 0.4) is 0 Å². The minimum atomic E-state index is -0.492. The van der Waals surface area contributed by atoms with Crippen LogP contribution >= 0.6 is 12.6 Å². The number of aliphatic hydroxyl groups excluding tert-OH is 1. The van der Waals surface area contributed by atoms with Crippen molar-refractivity contribution in [1.82, 2.24) is 5.01 Å². The highest BCUT2D eigenvalue weighted by Crippen LogP contribution is 2.00. The standard InChI is InChI=1S/C4H12N2OS/c1-3(7)4(8)6(2)5/h3-4,7-8H,5H2,1-2H3. The maximum absolute atomic E-state index is 8.79. The van der Waals surface area contributed by atoms with Crippen molar-refractivity contribution >= 4 is 12.6 Å². The highest BCUT2D eigenvalue weighted by atomic mass is 32.1. The molecule has 0 saturated carbocycles. The second-order valence-corrected chi connectivity index (χ2v) is 2.35. The fourth-order valence-electron chi connectivity index (χ4n) is 0.340. The second kappa shape index (κ2) is 3.29. The summed E-state index contributed by atoms with van der Waals surface area (Å²) in [5.41, 5.74) is 0. The van der Waals surface area contributed by atoms with Crippen LogP contribution in [0.1, 0.15) is 6.92 Å². The van der Waals surface area contributed by atoms with Crippen LogP contribution in [0.25, 0.3) is 0 Å². The third-order valence-corrected chi connectivity index (χ3v) is 1.64. The monoisotopic (exact) mass is 136 g/mol. The van der Waals surface area contributed by atoms with Crippen LogP contribution < -0.4 is 5.84 Å². The van der Waals surface area contributed by atoms with Gasteiger partial charge >= 0.3 is 0 Å². The molecular weight excluding hydrogens is 124 g/mol. The summed E-state index contributed by atoms with van der Waals surface area (Å²) in [6.07, 6.45) is -0.492. The first-order valence-electron chi connectivity index (χ1n) is 2.39. The summed E-state index contributed by atoms with van der Waals surface area (Å²) >= 11 is 3.97. The summed E-state index contributed by atoms with van der Waals surface area (Å²) in [7, 11) is 1.66. The number of nitrogens with two attached hydrogens (primary N) is 1. The molecule has 0 heterocycles. The lowest BCUT2D eigenvalue weighted by Crippen LogP contribution is -2.40. The van der Waals surface area contributed by atoms with E-state index in [0.29, 0.717) is 0 Å². The highest BCUT2D eigenvalue weighted by molar-refractivity contribution is 7.80. The Labute approximate surface area is 54.9 Å². The van der Waals surface area contributed by atoms with Gasteiger partial charge in [-0.25, -0.2) is 5.01 Å². The van der Waals surface area contributed by atoms with Gasteiger partial charge in [-0.05, 0) is 6.92 Å². The third-order valence-electron chi connectivity index (χ3n) is 0.849. The molecule has 2 unspecified atom stereocenters. The lowest BCUT2D eigenvalue weighted by atomic mass is 10.4. The first-order valence-corrected chi connectivity index (χ1v) is 2.91. The van der Waals surface area contributed by atoms with Gasteiger partial charge in [-0.15, -0.1) is 0 Å². The molecule has 3 N–H and O–H groups in total. The topological polar surface area (TPSA) is 49.5 Å². The van der Waals surface area contributed by atoms with E-state index in [-0.39, 0.29) is 5.37 Å². The number of rotatable bonds is 2. The summed E-state index contributed by atoms with van der Waals surface area (Å²) in [6, 6.07) is 0. The van der Waals surface area contributed by atoms with Gasteiger partial charge in [0.05, 0.1) is 11.5 Å². The summed E-state index contributed by atoms with van der Waals surface area (Å²) < 4.78 is 0. The minimum Gasteiger partial charge on any atom is -0.391 e. The number of hydrogen-bond acceptors (Lipinski definition) is 4. The molecular formula is C4H12N2OS. The summed E-state index contributed by atoms with van der Waals surface area (Å²) in [4.78, 5) is 0. The molecule has 4 heteroatoms. The molecule has 0 aromatic carbocycles. The van der Waals surface area contributed by atoms with Gasteiger partial charge in [-0.2, -0.15) is 12.6 Å². The van der Waals surface area contributed by atoms with Crippen molar-refractivity contribution in [1.29, 1.82) is 0 Å². The van der Waals surface area contributed by atoms with Crippen molar-refractivity contribution in [3.8, 4) is 0 Å². The highest BCUT2D eigenvalue weighted by Gasteiger charge is 2.10. The van der Waals surface area contributed by atoms with Crippen LogP contribution in [0, 0.1) is 0 Å². The van der Waals surface area contributed by atoms with Crippen molar-refractivity contribution in [3.63, 3.8) is 0 Å². The predicted octanol–water partition coefficient (Wildman–Crippen LogP) is -0.571. The maximum atomic E-state index is 8.79. The van der Waals surface area contributed by atoms with E-state index in [1.165, 1.54) is 5.01 Å². The number of thiol groups is 1. The summed E-state index contributed by atoms with van der Waals surface area (Å²) in [6.45, 7) is 1.64. The lowest BCUT2D eigenvalue weighted by molar-refractivity contribution is 0.125. The SMILES string of the molecule is CC(O)C(S)N(C)N. The van der Waals surface area contributed by atoms with Gasteiger partial charge in [0.1, 0.15) is 0 Å². The Morgan fingerprint density at radius 3 is 2.12 bits per heavy atom. The van der Waals surface area contributed by atoms with E-state index < -0.39 is 6.10 Å². The van der Waals surface area contributed by atoms with Crippen LogP contribution in [0.2, 0.25) is 0 Å². The number of nitrogens with zero attached hydrogens (tertiary/aromatic N) is 1. The second-order valence-electron chi connectivity index (χ2n) is 1.82. The molecule has 0 rings (SSSR count). The molecule has 0 amide bonds. The number of hydrogen-bond donors (Lipinski definition) is 3. The molecule has 0 aliphatic carbocycles. The molecule has 0 radical (unpaired) electrons. The first kappa shape index (κ1) is 8.23. The number of aliphatic hydroxyl groups is 1. The molecule has 3 nitrogen and oxygen atoms in total. The van der Waals surface area contributed by atoms with E-state index in [4.69, 9.17) is 10.9 Å². The zero-order valence-electron chi connectivity index (χ0n) is 5.07. The van der Waals surface area contributed by atoms with E-state index in [9.17, 15) is 0 Å². The fraction of sp³-hybridized carbons (Fsp3) is 1.00. The molecule has 0 aromatic heterocycles. The van der Waals surface area contributed by atoms with Gasteiger partial charge in [0.25, 0.3) is 0 Å². The molecule has 0 aromatic rings. The number of hydrazine groups is 1. The van der Waals surface area contributed by atoms with Crippen LogP contribution in [0.5, 0.6) is 0 Å². The fourth-order valence-corrected chi connectivity index (χ4v) is 0.340. The van der Waals surface area contributed by atoms with Crippen molar-refractivity contribution in [2.75, 3.05) is 7.05 Å². The largest absolute Gasteiger partial charge is 0.391 e. The van der Waals surface area contributed by atoms with Crippen molar-refractivity contribution in [2.24, 2.45) is 5.84 Å². The zero-order chi connectivity index (χ0) is 6.73. The molecule has 8 heavy (non-hydrogen) atoms. The molecule has 2 atom stereocenters. The Balaban J connectivity index is 3.46. The van der Waals surface area contributed by atoms with Gasteiger partial charge in [0, 0.05) is 7.05 Å². The minimum absolute atomic E-state index is 0.269. The Kier molecular flexibility index (Phi) is 3.39. The summed E-state index contributed by atoms with van der Waals surface area (Å²) in [5, 5.41) is 9.88. The van der Waals surface area contributed by atoms with Crippen molar-refractivity contribution in [2.45, 2.75) is 18.4 Å². The van der Waals surface area contributed by atoms with E-state index in [1.807, 2.05) is 0 Å². The van der Waals surface area contributed by atoms with Gasteiger partial charge in [0.15, 0.2) is 0 Å². The lowest BCUT2D eigenvalue weighted by Gasteiger charge is -2.20. The van der Waals surface area contributed by atoms with E-state index in [1.54, 1.807) is 14.0 Å². The van der Waals surface area contributed by atoms with Crippen LogP contribution in [0.4, 0.5) is 0 Å². The number of likely N-dealkylation sites (N-methyl/N-ethyl adjacent to an activating group) is 1. The summed E-state index contributed by atoms with van der Waals surface area (Å²) in [5.74, 6) is 5.23. The first-order chi connectivity index (χ1) is 3.55. The van der Waals surface area contributed by atoms with E-state index >= 15 is 0 Å². The smallest absolute Gasteiger partial charge is 0.0918 e. The maximum Gasteiger partial charge on any atom is 0.0918 e. The Morgan fingerprint density at radius 1 is 1.75 bits per heavy atom. The zero-order valence-corrected chi connectivity index (χ0v) is 5.97. The molecule has 50 valence electrons. The van der Waals surface area contributed by atoms with Crippen LogP contribution in [0.15, 0.2) is 0 Å². The van der Waals surface area contributed by atoms with Crippen molar-refractivity contribution in [3.05, 3.63) is 0 Å². The quantitative estimate of drug-likeness (QED) is 0.206. The van der Waals surface area contributed by atoms with E-state index in [2.05, 4.69) is 12.6 Å². The van der Waals surface area contributed by atoms with Gasteiger partial charge in [-0.3, -0.25) is 5.84 Å². The van der Waals surface area contributed by atoms with Crippen LogP contribution in [-0.2, 0) is 0 Å². The molecule has 0 saturated heterocycles. The Morgan fingerprint density at radius 2 is 2.12 bits per heavy atom. The molecule has 0 fully saturated rings. The molecule has 0 spiro atoms. The molecule has 0 bridgehead atoms. The van der Waals surface area contributed by atoms with E-state index in [0.717, 1.165) is 0 Å². The predicted molar refractivity (Wildman–Crippen MR) is 36.4 cm³/mol. The average molecular weight is 136 g/mol. The Bertz CT molecular complexity index is 59.1. The van der Waals surface area contributed by atoms with Crippen molar-refractivity contribution < 1.29 is 5.11 Å². The van der Waals surface area contributed by atoms with Crippen LogP contribution in [-0.4, -0.2) is 28.6 Å². The van der Waals surface area contributed by atoms with Gasteiger partial charge in [-0.1, -0.05) is 0 Å².